The van der Waals surface area contributed by atoms with Gasteiger partial charge in [-0.2, -0.15) is 0 Å². The molecule has 1 amide bonds. The van der Waals surface area contributed by atoms with Crippen LogP contribution in [-0.2, 0) is 14.1 Å². The zero-order valence-electron chi connectivity index (χ0n) is 13.1. The second-order valence-electron chi connectivity index (χ2n) is 6.55. The van der Waals surface area contributed by atoms with Crippen molar-refractivity contribution in [3.8, 4) is 0 Å². The van der Waals surface area contributed by atoms with Crippen molar-refractivity contribution >= 4 is 35.9 Å². The Bertz CT molecular complexity index is 732. The van der Waals surface area contributed by atoms with E-state index in [2.05, 4.69) is 5.32 Å². The van der Waals surface area contributed by atoms with E-state index in [-0.39, 0.29) is 21.8 Å². The zero-order chi connectivity index (χ0) is 17.2. The summed E-state index contributed by atoms with van der Waals surface area (Å²) >= 11 is 5.91. The largest absolute Gasteiger partial charge is 0.526 e. The van der Waals surface area contributed by atoms with Gasteiger partial charge in [0.05, 0.1) is 27.5 Å². The van der Waals surface area contributed by atoms with Crippen molar-refractivity contribution in [2.75, 3.05) is 5.32 Å². The highest BCUT2D eigenvalue weighted by atomic mass is 35.5. The molecule has 0 radical (unpaired) electrons. The van der Waals surface area contributed by atoms with E-state index in [1.807, 2.05) is 0 Å². The van der Waals surface area contributed by atoms with Crippen molar-refractivity contribution in [2.24, 2.45) is 0 Å². The molecule has 1 N–H and O–H groups in total. The molecule has 23 heavy (non-hydrogen) atoms. The van der Waals surface area contributed by atoms with Gasteiger partial charge in [-0.25, -0.2) is 8.78 Å². The van der Waals surface area contributed by atoms with Crippen LogP contribution in [0.4, 0.5) is 14.5 Å². The van der Waals surface area contributed by atoms with Crippen LogP contribution in [0.25, 0.3) is 5.57 Å². The molecule has 2 aliphatic rings. The molecule has 8 heteroatoms. The highest BCUT2D eigenvalue weighted by molar-refractivity contribution is 6.58. The van der Waals surface area contributed by atoms with Gasteiger partial charge in [0.1, 0.15) is 11.5 Å². The topological polar surface area (TPSA) is 47.6 Å². The van der Waals surface area contributed by atoms with Crippen molar-refractivity contribution in [2.45, 2.75) is 38.9 Å². The number of amides is 1. The van der Waals surface area contributed by atoms with Crippen molar-refractivity contribution in [1.29, 1.82) is 0 Å². The van der Waals surface area contributed by atoms with Crippen LogP contribution in [0.15, 0.2) is 17.9 Å². The van der Waals surface area contributed by atoms with Crippen LogP contribution in [-0.4, -0.2) is 24.2 Å². The Morgan fingerprint density at radius 1 is 1.22 bits per heavy atom. The summed E-state index contributed by atoms with van der Waals surface area (Å²) in [6.07, 6.45) is 0. The van der Waals surface area contributed by atoms with Gasteiger partial charge in [0.15, 0.2) is 0 Å². The van der Waals surface area contributed by atoms with Gasteiger partial charge in [0.25, 0.3) is 5.91 Å². The lowest BCUT2D eigenvalue weighted by Crippen LogP contribution is -2.41. The smallest absolute Gasteiger partial charge is 0.398 e. The van der Waals surface area contributed by atoms with Gasteiger partial charge in [0, 0.05) is 5.56 Å². The maximum atomic E-state index is 14.9. The SMILES string of the molecule is CC1(C)OB(C(F)=C2C(=O)Nc3ccc(F)c(Cl)c32)OC1(C)C. The first-order valence-electron chi connectivity index (χ1n) is 7.10. The van der Waals surface area contributed by atoms with Crippen LogP contribution >= 0.6 is 11.6 Å². The summed E-state index contributed by atoms with van der Waals surface area (Å²) in [5, 5.41) is 2.15. The average molecular weight is 342 g/mol. The van der Waals surface area contributed by atoms with Gasteiger partial charge < -0.3 is 14.6 Å². The number of carbonyl (C=O) groups excluding carboxylic acids is 1. The molecular weight excluding hydrogens is 326 g/mol. The summed E-state index contributed by atoms with van der Waals surface area (Å²) in [5.74, 6) is -1.44. The number of carbonyl (C=O) groups is 1. The molecule has 3 rings (SSSR count). The van der Waals surface area contributed by atoms with E-state index in [0.717, 1.165) is 6.07 Å². The molecule has 2 heterocycles. The highest BCUT2D eigenvalue weighted by Gasteiger charge is 2.54. The molecule has 0 unspecified atom stereocenters. The quantitative estimate of drug-likeness (QED) is 0.625. The fraction of sp³-hybridized carbons (Fsp3) is 0.400. The van der Waals surface area contributed by atoms with Gasteiger partial charge in [-0.05, 0) is 39.8 Å². The Balaban J connectivity index is 2.11. The number of rotatable bonds is 1. The lowest BCUT2D eigenvalue weighted by atomic mass is 9.83. The Kier molecular flexibility index (Phi) is 3.59. The third-order valence-electron chi connectivity index (χ3n) is 4.52. The van der Waals surface area contributed by atoms with E-state index in [0.29, 0.717) is 0 Å². The van der Waals surface area contributed by atoms with Gasteiger partial charge in [-0.3, -0.25) is 4.79 Å². The van der Waals surface area contributed by atoms with Gasteiger partial charge in [-0.1, -0.05) is 11.6 Å². The predicted molar refractivity (Wildman–Crippen MR) is 84.1 cm³/mol. The fourth-order valence-corrected chi connectivity index (χ4v) is 2.75. The molecule has 0 atom stereocenters. The Labute approximate surface area is 137 Å². The number of hydrogen-bond donors (Lipinski definition) is 1. The first-order chi connectivity index (χ1) is 10.5. The van der Waals surface area contributed by atoms with E-state index in [1.165, 1.54) is 6.07 Å². The normalized spacial score (nSPS) is 23.8. The molecule has 1 aromatic rings. The standard InChI is InChI=1S/C15H15BClF2NO3/c1-14(2)15(3,4)23-16(22-14)12(19)10-9-8(20-13(10)21)6-5-7(18)11(9)17/h5-6H,1-4H3,(H,20,21). The number of hydrogen-bond acceptors (Lipinski definition) is 3. The van der Waals surface area contributed by atoms with E-state index < -0.39 is 35.8 Å². The van der Waals surface area contributed by atoms with Gasteiger partial charge >= 0.3 is 7.12 Å². The molecule has 1 aromatic carbocycles. The molecule has 4 nitrogen and oxygen atoms in total. The molecule has 0 spiro atoms. The van der Waals surface area contributed by atoms with Crippen LogP contribution in [0.3, 0.4) is 0 Å². The monoisotopic (exact) mass is 341 g/mol. The van der Waals surface area contributed by atoms with Gasteiger partial charge in [0.2, 0.25) is 0 Å². The van der Waals surface area contributed by atoms with Crippen LogP contribution in [0.5, 0.6) is 0 Å². The van der Waals surface area contributed by atoms with Gasteiger partial charge in [-0.15, -0.1) is 0 Å². The summed E-state index contributed by atoms with van der Waals surface area (Å²) in [5.41, 5.74) is -2.57. The number of nitrogens with one attached hydrogen (secondary N) is 1. The van der Waals surface area contributed by atoms with E-state index in [9.17, 15) is 13.6 Å². The number of fused-ring (bicyclic) bond motifs is 1. The summed E-state index contributed by atoms with van der Waals surface area (Å²) in [7, 11) is -1.36. The Morgan fingerprint density at radius 2 is 1.78 bits per heavy atom. The van der Waals surface area contributed by atoms with Crippen molar-refractivity contribution in [3.05, 3.63) is 34.3 Å². The van der Waals surface area contributed by atoms with E-state index >= 15 is 0 Å². The summed E-state index contributed by atoms with van der Waals surface area (Å²) in [6.45, 7) is 7.06. The molecule has 0 bridgehead atoms. The molecule has 122 valence electrons. The zero-order valence-corrected chi connectivity index (χ0v) is 13.8. The second kappa shape index (κ2) is 5.03. The molecule has 2 aliphatic heterocycles. The second-order valence-corrected chi connectivity index (χ2v) is 6.93. The third kappa shape index (κ3) is 2.38. The highest BCUT2D eigenvalue weighted by Crippen LogP contribution is 2.44. The number of anilines is 1. The minimum absolute atomic E-state index is 0.0103. The molecule has 0 aliphatic carbocycles. The maximum Gasteiger partial charge on any atom is 0.526 e. The fourth-order valence-electron chi connectivity index (χ4n) is 2.49. The van der Waals surface area contributed by atoms with Crippen LogP contribution in [0.2, 0.25) is 5.02 Å². The maximum absolute atomic E-state index is 14.9. The molecule has 0 aromatic heterocycles. The minimum atomic E-state index is -1.36. The van der Waals surface area contributed by atoms with Crippen LogP contribution in [0.1, 0.15) is 33.3 Å². The summed E-state index contributed by atoms with van der Waals surface area (Å²) in [4.78, 5) is 12.1. The Morgan fingerprint density at radius 3 is 2.35 bits per heavy atom. The minimum Gasteiger partial charge on any atom is -0.398 e. The first kappa shape index (κ1) is 16.4. The van der Waals surface area contributed by atoms with Crippen molar-refractivity contribution in [3.63, 3.8) is 0 Å². The summed E-state index contributed by atoms with van der Waals surface area (Å²) < 4.78 is 39.8. The number of halogens is 3. The third-order valence-corrected chi connectivity index (χ3v) is 4.89. The molecule has 1 fully saturated rings. The molecule has 0 saturated carbocycles. The van der Waals surface area contributed by atoms with Crippen LogP contribution in [0, 0.1) is 5.82 Å². The Hall–Kier alpha value is -1.44. The van der Waals surface area contributed by atoms with Crippen LogP contribution < -0.4 is 5.32 Å². The molecule has 1 saturated heterocycles. The molecular formula is C15H15BClF2NO3. The summed E-state index contributed by atoms with van der Waals surface area (Å²) in [6, 6.07) is 2.44. The van der Waals surface area contributed by atoms with Crippen molar-refractivity contribution < 1.29 is 22.9 Å². The van der Waals surface area contributed by atoms with Crippen molar-refractivity contribution in [1.82, 2.24) is 0 Å². The average Bonchev–Trinajstić information content (AvgIpc) is 2.88. The van der Waals surface area contributed by atoms with E-state index in [4.69, 9.17) is 20.9 Å². The van der Waals surface area contributed by atoms with E-state index in [1.54, 1.807) is 27.7 Å². The predicted octanol–water partition coefficient (Wildman–Crippen LogP) is 3.74. The lowest BCUT2D eigenvalue weighted by molar-refractivity contribution is -0.110. The first-order valence-corrected chi connectivity index (χ1v) is 7.48. The number of benzene rings is 1. The lowest BCUT2D eigenvalue weighted by Gasteiger charge is -2.32.